The Balaban J connectivity index is 1.36. The normalized spacial score (nSPS) is 16.9. The number of hydrogen-bond donors (Lipinski definition) is 1. The molecule has 1 saturated heterocycles. The summed E-state index contributed by atoms with van der Waals surface area (Å²) in [6.07, 6.45) is 4.59. The molecule has 4 rings (SSSR count). The van der Waals surface area contributed by atoms with Crippen molar-refractivity contribution in [1.29, 1.82) is 0 Å². The maximum atomic E-state index is 12.7. The van der Waals surface area contributed by atoms with E-state index in [0.717, 1.165) is 37.2 Å². The summed E-state index contributed by atoms with van der Waals surface area (Å²) < 4.78 is 10.7. The zero-order chi connectivity index (χ0) is 19.3. The van der Waals surface area contributed by atoms with Gasteiger partial charge in [-0.25, -0.2) is 0 Å². The van der Waals surface area contributed by atoms with Crippen LogP contribution in [0.2, 0.25) is 0 Å². The van der Waals surface area contributed by atoms with Gasteiger partial charge in [0.2, 0.25) is 17.6 Å². The molecule has 3 heterocycles. The molecule has 1 fully saturated rings. The van der Waals surface area contributed by atoms with Crippen molar-refractivity contribution in [3.63, 3.8) is 0 Å². The highest BCUT2D eigenvalue weighted by molar-refractivity contribution is 5.76. The molecule has 1 amide bonds. The minimum atomic E-state index is 0.112. The third-order valence-corrected chi connectivity index (χ3v) is 5.10. The van der Waals surface area contributed by atoms with Crippen LogP contribution in [0.1, 0.15) is 36.8 Å². The van der Waals surface area contributed by atoms with E-state index in [1.807, 2.05) is 35.2 Å². The molecule has 1 aliphatic heterocycles. The average Bonchev–Trinajstić information content (AvgIpc) is 3.44. The molecule has 0 saturated carbocycles. The zero-order valence-corrected chi connectivity index (χ0v) is 15.8. The number of rotatable bonds is 6. The number of likely N-dealkylation sites (tertiary alicyclic amines) is 1. The third kappa shape index (κ3) is 3.90. The summed E-state index contributed by atoms with van der Waals surface area (Å²) in [6.45, 7) is 1.51. The van der Waals surface area contributed by atoms with Crippen LogP contribution >= 0.6 is 0 Å². The first-order chi connectivity index (χ1) is 13.7. The minimum absolute atomic E-state index is 0.112. The van der Waals surface area contributed by atoms with Crippen LogP contribution < -0.4 is 4.74 Å². The Morgan fingerprint density at radius 1 is 1.36 bits per heavy atom. The second kappa shape index (κ2) is 8.24. The molecule has 3 aromatic rings. The van der Waals surface area contributed by atoms with Gasteiger partial charge in [-0.1, -0.05) is 17.3 Å². The first-order valence-electron chi connectivity index (χ1n) is 9.47. The fraction of sp³-hybridized carbons (Fsp3) is 0.400. The number of methoxy groups -OCH3 is 1. The van der Waals surface area contributed by atoms with E-state index in [-0.39, 0.29) is 5.91 Å². The Morgan fingerprint density at radius 3 is 3.07 bits per heavy atom. The Labute approximate surface area is 162 Å². The number of carbonyl (C=O) groups is 1. The first kappa shape index (κ1) is 18.2. The van der Waals surface area contributed by atoms with Gasteiger partial charge in [0.05, 0.1) is 12.7 Å². The van der Waals surface area contributed by atoms with Crippen molar-refractivity contribution in [2.75, 3.05) is 20.2 Å². The summed E-state index contributed by atoms with van der Waals surface area (Å²) >= 11 is 0. The number of amides is 1. The quantitative estimate of drug-likeness (QED) is 0.705. The van der Waals surface area contributed by atoms with E-state index in [9.17, 15) is 4.79 Å². The van der Waals surface area contributed by atoms with E-state index in [1.165, 1.54) is 0 Å². The molecular weight excluding hydrogens is 358 g/mol. The standard InChI is InChI=1S/C20H23N5O3/c1-27-17-7-3-2-6-15(17)20-22-18(28-24-20)8-9-19(26)25-12-4-5-14(13-25)16-10-11-21-23-16/h2-3,6-7,10-11,14H,4-5,8-9,12-13H2,1H3,(H,21,23)/t14-/m1/s1. The Morgan fingerprint density at radius 2 is 2.25 bits per heavy atom. The second-order valence-corrected chi connectivity index (χ2v) is 6.90. The molecule has 28 heavy (non-hydrogen) atoms. The van der Waals surface area contributed by atoms with Gasteiger partial charge in [-0.3, -0.25) is 9.89 Å². The van der Waals surface area contributed by atoms with Crippen LogP contribution in [-0.2, 0) is 11.2 Å². The molecule has 0 radical (unpaired) electrons. The van der Waals surface area contributed by atoms with Gasteiger partial charge >= 0.3 is 0 Å². The Hall–Kier alpha value is -3.16. The van der Waals surface area contributed by atoms with Gasteiger partial charge in [-0.2, -0.15) is 10.1 Å². The number of nitrogens with one attached hydrogen (secondary N) is 1. The van der Waals surface area contributed by atoms with E-state index in [1.54, 1.807) is 13.3 Å². The highest BCUT2D eigenvalue weighted by Crippen LogP contribution is 2.28. The SMILES string of the molecule is COc1ccccc1-c1noc(CCC(=O)N2CCC[C@@H](c3ccn[nH]3)C2)n1. The van der Waals surface area contributed by atoms with Crippen molar-refractivity contribution in [1.82, 2.24) is 25.2 Å². The topological polar surface area (TPSA) is 97.1 Å². The molecule has 0 bridgehead atoms. The third-order valence-electron chi connectivity index (χ3n) is 5.10. The molecule has 146 valence electrons. The highest BCUT2D eigenvalue weighted by atomic mass is 16.5. The predicted octanol–water partition coefficient (Wildman–Crippen LogP) is 2.81. The number of H-pyrrole nitrogens is 1. The van der Waals surface area contributed by atoms with Gasteiger partial charge in [-0.05, 0) is 31.0 Å². The molecule has 8 nitrogen and oxygen atoms in total. The smallest absolute Gasteiger partial charge is 0.227 e. The number of hydrogen-bond acceptors (Lipinski definition) is 6. The lowest BCUT2D eigenvalue weighted by Gasteiger charge is -2.32. The molecule has 2 aromatic heterocycles. The number of piperidine rings is 1. The highest BCUT2D eigenvalue weighted by Gasteiger charge is 2.25. The largest absolute Gasteiger partial charge is 0.496 e. The number of ether oxygens (including phenoxy) is 1. The van der Waals surface area contributed by atoms with E-state index >= 15 is 0 Å². The number of para-hydroxylation sites is 1. The Bertz CT molecular complexity index is 922. The Kier molecular flexibility index (Phi) is 5.36. The monoisotopic (exact) mass is 381 g/mol. The number of nitrogens with zero attached hydrogens (tertiary/aromatic N) is 4. The molecule has 8 heteroatoms. The number of aryl methyl sites for hydroxylation is 1. The summed E-state index contributed by atoms with van der Waals surface area (Å²) in [6, 6.07) is 9.49. The van der Waals surface area contributed by atoms with Crippen LogP contribution in [0, 0.1) is 0 Å². The summed E-state index contributed by atoms with van der Waals surface area (Å²) in [5.41, 5.74) is 1.86. The second-order valence-electron chi connectivity index (χ2n) is 6.90. The lowest BCUT2D eigenvalue weighted by atomic mass is 9.94. The lowest BCUT2D eigenvalue weighted by molar-refractivity contribution is -0.132. The molecule has 1 N–H and O–H groups in total. The average molecular weight is 381 g/mol. The number of benzene rings is 1. The molecule has 0 unspecified atom stereocenters. The van der Waals surface area contributed by atoms with Crippen molar-refractivity contribution in [3.8, 4) is 17.1 Å². The van der Waals surface area contributed by atoms with Crippen LogP contribution in [0.15, 0.2) is 41.1 Å². The van der Waals surface area contributed by atoms with Crippen molar-refractivity contribution in [2.45, 2.75) is 31.6 Å². The molecule has 1 atom stereocenters. The maximum absolute atomic E-state index is 12.7. The predicted molar refractivity (Wildman–Crippen MR) is 102 cm³/mol. The number of aromatic amines is 1. The summed E-state index contributed by atoms with van der Waals surface area (Å²) in [7, 11) is 1.60. The van der Waals surface area contributed by atoms with Crippen LogP contribution in [-0.4, -0.2) is 51.3 Å². The van der Waals surface area contributed by atoms with Crippen LogP contribution in [0.3, 0.4) is 0 Å². The van der Waals surface area contributed by atoms with E-state index in [2.05, 4.69) is 20.3 Å². The van der Waals surface area contributed by atoms with Crippen LogP contribution in [0.4, 0.5) is 0 Å². The number of carbonyl (C=O) groups excluding carboxylic acids is 1. The molecule has 1 aromatic carbocycles. The van der Waals surface area contributed by atoms with E-state index in [0.29, 0.717) is 36.2 Å². The van der Waals surface area contributed by atoms with Crippen LogP contribution in [0.25, 0.3) is 11.4 Å². The fourth-order valence-corrected chi connectivity index (χ4v) is 3.62. The lowest BCUT2D eigenvalue weighted by Crippen LogP contribution is -2.39. The summed E-state index contributed by atoms with van der Waals surface area (Å²) in [5.74, 6) is 2.04. The molecular formula is C20H23N5O3. The molecule has 0 spiro atoms. The van der Waals surface area contributed by atoms with Crippen molar-refractivity contribution in [2.24, 2.45) is 0 Å². The van der Waals surface area contributed by atoms with Gasteiger partial charge in [0.25, 0.3) is 0 Å². The van der Waals surface area contributed by atoms with E-state index < -0.39 is 0 Å². The molecule has 0 aliphatic carbocycles. The maximum Gasteiger partial charge on any atom is 0.227 e. The van der Waals surface area contributed by atoms with E-state index in [4.69, 9.17) is 9.26 Å². The fourth-order valence-electron chi connectivity index (χ4n) is 3.62. The van der Waals surface area contributed by atoms with Gasteiger partial charge in [0.1, 0.15) is 5.75 Å². The molecule has 1 aliphatic rings. The first-order valence-corrected chi connectivity index (χ1v) is 9.47. The zero-order valence-electron chi connectivity index (χ0n) is 15.8. The van der Waals surface area contributed by atoms with Crippen molar-refractivity contribution < 1.29 is 14.1 Å². The van der Waals surface area contributed by atoms with Crippen molar-refractivity contribution >= 4 is 5.91 Å². The van der Waals surface area contributed by atoms with Gasteiger partial charge in [0, 0.05) is 43.7 Å². The summed E-state index contributed by atoms with van der Waals surface area (Å²) in [5, 5.41) is 11.1. The summed E-state index contributed by atoms with van der Waals surface area (Å²) in [4.78, 5) is 19.0. The van der Waals surface area contributed by atoms with Crippen LogP contribution in [0.5, 0.6) is 5.75 Å². The van der Waals surface area contributed by atoms with Gasteiger partial charge < -0.3 is 14.2 Å². The minimum Gasteiger partial charge on any atom is -0.496 e. The van der Waals surface area contributed by atoms with Gasteiger partial charge in [0.15, 0.2) is 0 Å². The van der Waals surface area contributed by atoms with Crippen molar-refractivity contribution in [3.05, 3.63) is 48.1 Å². The van der Waals surface area contributed by atoms with Gasteiger partial charge in [-0.15, -0.1) is 0 Å². The number of aromatic nitrogens is 4.